The Kier molecular flexibility index (Phi) is 3.76. The van der Waals surface area contributed by atoms with Crippen LogP contribution in [0.4, 0.5) is 0 Å². The number of rotatable bonds is 4. The third-order valence-corrected chi connectivity index (χ3v) is 4.59. The van der Waals surface area contributed by atoms with Crippen LogP contribution in [0.1, 0.15) is 5.56 Å². The first kappa shape index (κ1) is 16.0. The molecule has 3 rings (SSSR count). The number of nitrogens with zero attached hydrogens (tertiary/aromatic N) is 2. The first-order valence-electron chi connectivity index (χ1n) is 7.02. The molecule has 124 valence electrons. The van der Waals surface area contributed by atoms with Gasteiger partial charge in [-0.2, -0.15) is 9.19 Å². The largest absolute Gasteiger partial charge is 0.496 e. The molecular formula is C16H16N4O3S. The van der Waals surface area contributed by atoms with Gasteiger partial charge in [0.15, 0.2) is 0 Å². The fourth-order valence-electron chi connectivity index (χ4n) is 2.66. The van der Waals surface area contributed by atoms with Crippen LogP contribution >= 0.6 is 0 Å². The highest BCUT2D eigenvalue weighted by Gasteiger charge is 2.18. The minimum absolute atomic E-state index is 0.0781. The number of nitrogens with one attached hydrogen (secondary N) is 1. The van der Waals surface area contributed by atoms with Crippen molar-refractivity contribution in [3.05, 3.63) is 48.3 Å². The molecule has 0 unspecified atom stereocenters. The number of methoxy groups -OCH3 is 1. The summed E-state index contributed by atoms with van der Waals surface area (Å²) in [6, 6.07) is 9.11. The molecule has 24 heavy (non-hydrogen) atoms. The Hall–Kier alpha value is -2.87. The molecule has 3 aromatic rings. The third kappa shape index (κ3) is 2.61. The molecule has 1 aromatic heterocycles. The van der Waals surface area contributed by atoms with Gasteiger partial charge in [-0.05, 0) is 11.5 Å². The number of hydrogen-bond acceptors (Lipinski definition) is 5. The highest BCUT2D eigenvalue weighted by Crippen LogP contribution is 2.38. The number of fused-ring (bicyclic) bond motifs is 1. The maximum atomic E-state index is 11.7. The molecule has 0 spiro atoms. The summed E-state index contributed by atoms with van der Waals surface area (Å²) < 4.78 is 29.7. The van der Waals surface area contributed by atoms with E-state index in [4.69, 9.17) is 15.9 Å². The highest BCUT2D eigenvalue weighted by molar-refractivity contribution is 7.89. The fraction of sp³-hybridized carbons (Fsp3) is 0.125. The van der Waals surface area contributed by atoms with Crippen LogP contribution in [-0.4, -0.2) is 36.8 Å². The summed E-state index contributed by atoms with van der Waals surface area (Å²) in [5.74, 6) is 0.467. The maximum absolute atomic E-state index is 11.7. The number of ether oxygens (including phenoxy) is 1. The lowest BCUT2D eigenvalue weighted by molar-refractivity contribution is 0.417. The Morgan fingerprint density at radius 2 is 2.04 bits per heavy atom. The van der Waals surface area contributed by atoms with Crippen molar-refractivity contribution in [1.29, 1.82) is 5.41 Å². The molecule has 0 radical (unpaired) electrons. The van der Waals surface area contributed by atoms with Gasteiger partial charge in [-0.25, -0.2) is 8.42 Å². The zero-order valence-corrected chi connectivity index (χ0v) is 14.0. The highest BCUT2D eigenvalue weighted by atomic mass is 32.2. The van der Waals surface area contributed by atoms with Crippen LogP contribution in [-0.2, 0) is 10.0 Å². The molecule has 0 saturated heterocycles. The Labute approximate surface area is 139 Å². The van der Waals surface area contributed by atoms with E-state index in [1.165, 1.54) is 19.5 Å². The minimum atomic E-state index is -3.49. The van der Waals surface area contributed by atoms with Gasteiger partial charge in [0.25, 0.3) is 10.0 Å². The summed E-state index contributed by atoms with van der Waals surface area (Å²) in [6.45, 7) is 0. The Balaban J connectivity index is 2.41. The summed E-state index contributed by atoms with van der Waals surface area (Å²) in [6.07, 6.45) is 3.95. The van der Waals surface area contributed by atoms with Gasteiger partial charge < -0.3 is 10.5 Å². The van der Waals surface area contributed by atoms with Gasteiger partial charge >= 0.3 is 0 Å². The van der Waals surface area contributed by atoms with E-state index < -0.39 is 10.0 Å². The van der Waals surface area contributed by atoms with Crippen molar-refractivity contribution >= 4 is 26.6 Å². The van der Waals surface area contributed by atoms with E-state index in [2.05, 4.69) is 5.10 Å². The fourth-order valence-corrected chi connectivity index (χ4v) is 3.18. The van der Waals surface area contributed by atoms with E-state index in [1.54, 1.807) is 12.1 Å². The molecule has 0 aliphatic rings. The molecule has 0 saturated carbocycles. The molecule has 0 aliphatic heterocycles. The minimum Gasteiger partial charge on any atom is -0.496 e. The van der Waals surface area contributed by atoms with Crippen LogP contribution in [0.3, 0.4) is 0 Å². The van der Waals surface area contributed by atoms with Crippen molar-refractivity contribution < 1.29 is 13.2 Å². The van der Waals surface area contributed by atoms with E-state index >= 15 is 0 Å². The first-order valence-corrected chi connectivity index (χ1v) is 8.87. The van der Waals surface area contributed by atoms with Crippen molar-refractivity contribution in [3.8, 4) is 16.9 Å². The molecule has 7 nitrogen and oxygen atoms in total. The SMILES string of the molecule is COc1ccc2cccc(C(=N)N)c2c1-c1cnn(S(C)(=O)=O)c1. The van der Waals surface area contributed by atoms with E-state index in [0.29, 0.717) is 22.4 Å². The van der Waals surface area contributed by atoms with Crippen molar-refractivity contribution in [2.24, 2.45) is 5.73 Å². The summed E-state index contributed by atoms with van der Waals surface area (Å²) >= 11 is 0. The lowest BCUT2D eigenvalue weighted by Crippen LogP contribution is -2.12. The Morgan fingerprint density at radius 3 is 2.62 bits per heavy atom. The van der Waals surface area contributed by atoms with Crippen molar-refractivity contribution in [2.75, 3.05) is 13.4 Å². The van der Waals surface area contributed by atoms with E-state index in [9.17, 15) is 8.42 Å². The first-order chi connectivity index (χ1) is 11.3. The van der Waals surface area contributed by atoms with Crippen LogP contribution in [0.25, 0.3) is 21.9 Å². The van der Waals surface area contributed by atoms with Gasteiger partial charge in [0, 0.05) is 22.1 Å². The van der Waals surface area contributed by atoms with E-state index in [1.807, 2.05) is 18.2 Å². The van der Waals surface area contributed by atoms with Gasteiger partial charge in [0.05, 0.1) is 25.8 Å². The second-order valence-corrected chi connectivity index (χ2v) is 7.16. The lowest BCUT2D eigenvalue weighted by atomic mass is 9.95. The summed E-state index contributed by atoms with van der Waals surface area (Å²) in [7, 11) is -1.96. The summed E-state index contributed by atoms with van der Waals surface area (Å²) in [5, 5.41) is 13.3. The van der Waals surface area contributed by atoms with Crippen LogP contribution in [0.15, 0.2) is 42.7 Å². The molecule has 0 fully saturated rings. The van der Waals surface area contributed by atoms with Crippen LogP contribution < -0.4 is 10.5 Å². The van der Waals surface area contributed by atoms with Crippen molar-refractivity contribution in [2.45, 2.75) is 0 Å². The smallest absolute Gasteiger partial charge is 0.250 e. The molecular weight excluding hydrogens is 328 g/mol. The van der Waals surface area contributed by atoms with Gasteiger partial charge in [-0.3, -0.25) is 5.41 Å². The lowest BCUT2D eigenvalue weighted by Gasteiger charge is -2.14. The number of aromatic nitrogens is 2. The Bertz CT molecular complexity index is 1050. The average Bonchev–Trinajstić information content (AvgIpc) is 3.02. The molecule has 0 amide bonds. The van der Waals surface area contributed by atoms with Crippen LogP contribution in [0, 0.1) is 5.41 Å². The van der Waals surface area contributed by atoms with Gasteiger partial charge in [-0.1, -0.05) is 24.3 Å². The number of amidine groups is 1. The number of benzene rings is 2. The predicted molar refractivity (Wildman–Crippen MR) is 93.0 cm³/mol. The topological polar surface area (TPSA) is 111 Å². The molecule has 0 atom stereocenters. The van der Waals surface area contributed by atoms with Crippen LogP contribution in [0.2, 0.25) is 0 Å². The molecule has 8 heteroatoms. The number of hydrogen-bond donors (Lipinski definition) is 2. The van der Waals surface area contributed by atoms with E-state index in [0.717, 1.165) is 21.1 Å². The quantitative estimate of drug-likeness (QED) is 0.554. The zero-order chi connectivity index (χ0) is 17.5. The molecule has 1 heterocycles. The zero-order valence-electron chi connectivity index (χ0n) is 13.1. The monoisotopic (exact) mass is 344 g/mol. The molecule has 0 bridgehead atoms. The second-order valence-electron chi connectivity index (χ2n) is 5.32. The van der Waals surface area contributed by atoms with Crippen LogP contribution in [0.5, 0.6) is 5.75 Å². The van der Waals surface area contributed by atoms with Crippen molar-refractivity contribution in [3.63, 3.8) is 0 Å². The molecule has 0 aliphatic carbocycles. The van der Waals surface area contributed by atoms with Gasteiger partial charge in [0.1, 0.15) is 11.6 Å². The third-order valence-electron chi connectivity index (χ3n) is 3.71. The predicted octanol–water partition coefficient (Wildman–Crippen LogP) is 1.80. The summed E-state index contributed by atoms with van der Waals surface area (Å²) in [4.78, 5) is 0. The standard InChI is InChI=1S/C16H16N4O3S/c1-23-13-7-6-10-4-3-5-12(16(17)18)14(10)15(13)11-8-19-20(9-11)24(2,21)22/h3-9H,1-2H3,(H3,17,18). The Morgan fingerprint density at radius 1 is 1.29 bits per heavy atom. The molecule has 3 N–H and O–H groups in total. The van der Waals surface area contributed by atoms with Gasteiger partial charge in [0.2, 0.25) is 0 Å². The summed E-state index contributed by atoms with van der Waals surface area (Å²) in [5.41, 5.74) is 7.48. The van der Waals surface area contributed by atoms with E-state index in [-0.39, 0.29) is 5.84 Å². The maximum Gasteiger partial charge on any atom is 0.250 e. The van der Waals surface area contributed by atoms with Crippen molar-refractivity contribution in [1.82, 2.24) is 9.19 Å². The number of nitrogens with two attached hydrogens (primary N) is 1. The average molecular weight is 344 g/mol. The second kappa shape index (κ2) is 5.64. The number of nitrogen functional groups attached to an aromatic ring is 1. The van der Waals surface area contributed by atoms with Gasteiger partial charge in [-0.15, -0.1) is 0 Å². The molecule has 2 aromatic carbocycles. The normalized spacial score (nSPS) is 11.6.